The topological polar surface area (TPSA) is 58.3 Å². The minimum atomic E-state index is 0.681. The number of piperidine rings is 2. The zero-order valence-corrected chi connectivity index (χ0v) is 15.5. The Morgan fingerprint density at radius 3 is 2.48 bits per heavy atom. The predicted molar refractivity (Wildman–Crippen MR) is 106 cm³/mol. The molecule has 0 saturated carbocycles. The molecule has 2 aliphatic rings. The Morgan fingerprint density at radius 2 is 1.70 bits per heavy atom. The lowest BCUT2D eigenvalue weighted by Crippen LogP contribution is -2.46. The molecular formula is C21H25N5O. The second-order valence-corrected chi connectivity index (χ2v) is 7.59. The summed E-state index contributed by atoms with van der Waals surface area (Å²) in [5.41, 5.74) is 3.54. The van der Waals surface area contributed by atoms with Crippen molar-refractivity contribution in [3.8, 4) is 11.1 Å². The molecule has 0 bridgehead atoms. The van der Waals surface area contributed by atoms with E-state index in [2.05, 4.69) is 24.8 Å². The zero-order valence-electron chi connectivity index (χ0n) is 15.5. The molecule has 0 radical (unpaired) electrons. The molecule has 3 aromatic heterocycles. The van der Waals surface area contributed by atoms with E-state index in [0.29, 0.717) is 11.7 Å². The van der Waals surface area contributed by atoms with Crippen LogP contribution in [0.25, 0.3) is 22.4 Å². The summed E-state index contributed by atoms with van der Waals surface area (Å²) in [4.78, 5) is 18.2. The summed E-state index contributed by atoms with van der Waals surface area (Å²) in [5, 5.41) is 0. The van der Waals surface area contributed by atoms with Gasteiger partial charge in [0.25, 0.3) is 6.01 Å². The Balaban J connectivity index is 1.31. The van der Waals surface area contributed by atoms with Crippen LogP contribution in [0.4, 0.5) is 6.01 Å². The molecule has 0 unspecified atom stereocenters. The highest BCUT2D eigenvalue weighted by molar-refractivity contribution is 5.77. The summed E-state index contributed by atoms with van der Waals surface area (Å²) < 4.78 is 6.07. The van der Waals surface area contributed by atoms with Crippen molar-refractivity contribution in [2.45, 2.75) is 38.1 Å². The molecular weight excluding hydrogens is 338 g/mol. The van der Waals surface area contributed by atoms with E-state index >= 15 is 0 Å². The average Bonchev–Trinajstić information content (AvgIpc) is 3.18. The number of nitrogens with zero attached hydrogens (tertiary/aromatic N) is 5. The quantitative estimate of drug-likeness (QED) is 0.706. The van der Waals surface area contributed by atoms with Gasteiger partial charge < -0.3 is 14.2 Å². The maximum atomic E-state index is 6.07. The van der Waals surface area contributed by atoms with Crippen molar-refractivity contribution in [1.82, 2.24) is 19.9 Å². The zero-order chi connectivity index (χ0) is 18.1. The molecule has 6 heteroatoms. The van der Waals surface area contributed by atoms with E-state index in [1.165, 1.54) is 45.2 Å². The number of hydrogen-bond donors (Lipinski definition) is 0. The molecule has 0 spiro atoms. The van der Waals surface area contributed by atoms with Crippen LogP contribution in [0.3, 0.4) is 0 Å². The molecule has 0 aromatic carbocycles. The van der Waals surface area contributed by atoms with Crippen molar-refractivity contribution >= 4 is 17.2 Å². The van der Waals surface area contributed by atoms with Crippen molar-refractivity contribution in [2.24, 2.45) is 0 Å². The summed E-state index contributed by atoms with van der Waals surface area (Å²) in [6.07, 6.45) is 11.9. The van der Waals surface area contributed by atoms with Crippen LogP contribution in [0.5, 0.6) is 0 Å². The van der Waals surface area contributed by atoms with Crippen LogP contribution in [-0.4, -0.2) is 52.1 Å². The number of fused-ring (bicyclic) bond motifs is 1. The first kappa shape index (κ1) is 16.7. The predicted octanol–water partition coefficient (Wildman–Crippen LogP) is 3.74. The second-order valence-electron chi connectivity index (χ2n) is 7.59. The number of hydrogen-bond acceptors (Lipinski definition) is 6. The maximum Gasteiger partial charge on any atom is 0.299 e. The minimum Gasteiger partial charge on any atom is -0.422 e. The van der Waals surface area contributed by atoms with Crippen LogP contribution in [0.2, 0.25) is 0 Å². The standard InChI is InChI=1S/C21H25N5O/c1-2-10-25(11-3-1)18-6-12-26(13-7-18)21-24-20-19(27-21)14-17(15-23-20)16-4-8-22-9-5-16/h4-5,8-9,14-15,18H,1-3,6-7,10-13H2. The number of anilines is 1. The average molecular weight is 363 g/mol. The minimum absolute atomic E-state index is 0.681. The van der Waals surface area contributed by atoms with Crippen LogP contribution >= 0.6 is 0 Å². The van der Waals surface area contributed by atoms with Crippen molar-refractivity contribution in [3.05, 3.63) is 36.8 Å². The lowest BCUT2D eigenvalue weighted by atomic mass is 10.0. The molecule has 2 saturated heterocycles. The SMILES string of the molecule is c1cc(-c2cnc3nc(N4CCC(N5CCCCC5)CC4)oc3c2)ccn1. The third kappa shape index (κ3) is 3.41. The molecule has 0 N–H and O–H groups in total. The summed E-state index contributed by atoms with van der Waals surface area (Å²) in [6, 6.07) is 7.41. The summed E-state index contributed by atoms with van der Waals surface area (Å²) in [7, 11) is 0. The van der Waals surface area contributed by atoms with E-state index < -0.39 is 0 Å². The Kier molecular flexibility index (Phi) is 4.49. The molecule has 140 valence electrons. The molecule has 0 atom stereocenters. The summed E-state index contributed by atoms with van der Waals surface area (Å²) in [6.45, 7) is 4.56. The molecule has 5 rings (SSSR count). The molecule has 2 fully saturated rings. The third-order valence-corrected chi connectivity index (χ3v) is 5.89. The van der Waals surface area contributed by atoms with E-state index in [1.54, 1.807) is 12.4 Å². The lowest BCUT2D eigenvalue weighted by molar-refractivity contribution is 0.140. The number of oxazole rings is 1. The van der Waals surface area contributed by atoms with E-state index in [4.69, 9.17) is 4.42 Å². The third-order valence-electron chi connectivity index (χ3n) is 5.89. The van der Waals surface area contributed by atoms with Gasteiger partial charge >= 0.3 is 0 Å². The maximum absolute atomic E-state index is 6.07. The van der Waals surface area contributed by atoms with E-state index in [0.717, 1.165) is 35.8 Å². The highest BCUT2D eigenvalue weighted by Gasteiger charge is 2.27. The van der Waals surface area contributed by atoms with E-state index in [1.807, 2.05) is 24.4 Å². The fraction of sp³-hybridized carbons (Fsp3) is 0.476. The Hall–Kier alpha value is -2.47. The van der Waals surface area contributed by atoms with Gasteiger partial charge in [0.2, 0.25) is 5.65 Å². The van der Waals surface area contributed by atoms with Gasteiger partial charge in [-0.1, -0.05) is 6.42 Å². The summed E-state index contributed by atoms with van der Waals surface area (Å²) >= 11 is 0. The van der Waals surface area contributed by atoms with Crippen LogP contribution in [-0.2, 0) is 0 Å². The van der Waals surface area contributed by atoms with E-state index in [-0.39, 0.29) is 0 Å². The molecule has 6 nitrogen and oxygen atoms in total. The Labute approximate surface area is 159 Å². The van der Waals surface area contributed by atoms with Gasteiger partial charge in [-0.25, -0.2) is 4.98 Å². The molecule has 5 heterocycles. The van der Waals surface area contributed by atoms with Gasteiger partial charge in [0.1, 0.15) is 0 Å². The molecule has 27 heavy (non-hydrogen) atoms. The number of pyridine rings is 2. The molecule has 0 amide bonds. The highest BCUT2D eigenvalue weighted by Crippen LogP contribution is 2.28. The molecule has 0 aliphatic carbocycles. The van der Waals surface area contributed by atoms with Gasteiger partial charge in [0.15, 0.2) is 5.58 Å². The second kappa shape index (κ2) is 7.27. The first-order valence-electron chi connectivity index (χ1n) is 10.0. The fourth-order valence-corrected chi connectivity index (χ4v) is 4.35. The first-order valence-corrected chi connectivity index (χ1v) is 10.0. The monoisotopic (exact) mass is 363 g/mol. The van der Waals surface area contributed by atoms with Gasteiger partial charge in [-0.15, -0.1) is 0 Å². The van der Waals surface area contributed by atoms with Crippen molar-refractivity contribution in [1.29, 1.82) is 0 Å². The number of aromatic nitrogens is 3. The van der Waals surface area contributed by atoms with Crippen LogP contribution in [0, 0.1) is 0 Å². The normalized spacial score (nSPS) is 19.6. The number of likely N-dealkylation sites (tertiary alicyclic amines) is 1. The van der Waals surface area contributed by atoms with Gasteiger partial charge in [-0.2, -0.15) is 4.98 Å². The lowest BCUT2D eigenvalue weighted by Gasteiger charge is -2.39. The van der Waals surface area contributed by atoms with Crippen LogP contribution < -0.4 is 4.90 Å². The Bertz CT molecular complexity index is 895. The van der Waals surface area contributed by atoms with E-state index in [9.17, 15) is 0 Å². The Morgan fingerprint density at radius 1 is 0.926 bits per heavy atom. The fourth-order valence-electron chi connectivity index (χ4n) is 4.35. The van der Waals surface area contributed by atoms with Gasteiger partial charge in [-0.3, -0.25) is 4.98 Å². The van der Waals surface area contributed by atoms with Crippen LogP contribution in [0.1, 0.15) is 32.1 Å². The van der Waals surface area contributed by atoms with Crippen LogP contribution in [0.15, 0.2) is 41.2 Å². The van der Waals surface area contributed by atoms with Crippen molar-refractivity contribution in [2.75, 3.05) is 31.1 Å². The largest absolute Gasteiger partial charge is 0.422 e. The summed E-state index contributed by atoms with van der Waals surface area (Å²) in [5.74, 6) is 0. The van der Waals surface area contributed by atoms with Gasteiger partial charge in [0.05, 0.1) is 0 Å². The van der Waals surface area contributed by atoms with Crippen molar-refractivity contribution < 1.29 is 4.42 Å². The smallest absolute Gasteiger partial charge is 0.299 e. The number of rotatable bonds is 3. The molecule has 3 aromatic rings. The van der Waals surface area contributed by atoms with Gasteiger partial charge in [0, 0.05) is 43.3 Å². The highest BCUT2D eigenvalue weighted by atomic mass is 16.4. The molecule has 2 aliphatic heterocycles. The van der Waals surface area contributed by atoms with Gasteiger partial charge in [-0.05, 0) is 62.5 Å². The van der Waals surface area contributed by atoms with Crippen molar-refractivity contribution in [3.63, 3.8) is 0 Å². The first-order chi connectivity index (χ1) is 13.4.